The van der Waals surface area contributed by atoms with Gasteiger partial charge in [-0.15, -0.1) is 0 Å². The predicted octanol–water partition coefficient (Wildman–Crippen LogP) is 3.68. The first-order chi connectivity index (χ1) is 10.6. The summed E-state index contributed by atoms with van der Waals surface area (Å²) in [5, 5.41) is 2.88. The van der Waals surface area contributed by atoms with Gasteiger partial charge in [-0.3, -0.25) is 4.79 Å². The molecule has 4 heteroatoms. The van der Waals surface area contributed by atoms with Crippen LogP contribution in [0.15, 0.2) is 42.5 Å². The highest BCUT2D eigenvalue weighted by Crippen LogP contribution is 2.32. The quantitative estimate of drug-likeness (QED) is 0.879. The van der Waals surface area contributed by atoms with Crippen molar-refractivity contribution in [3.8, 4) is 11.5 Å². The lowest BCUT2D eigenvalue weighted by molar-refractivity contribution is -0.111. The van der Waals surface area contributed by atoms with Crippen LogP contribution in [0.3, 0.4) is 0 Å². The van der Waals surface area contributed by atoms with E-state index in [1.807, 2.05) is 50.2 Å². The molecule has 0 aromatic heterocycles. The molecule has 3 rings (SSSR count). The Morgan fingerprint density at radius 2 is 1.91 bits per heavy atom. The SMILES string of the molecule is Cc1ccc(NC(=O)C=Cc2ccc3c(c2)OCO3)c(C)c1. The summed E-state index contributed by atoms with van der Waals surface area (Å²) in [6.45, 7) is 4.25. The van der Waals surface area contributed by atoms with Gasteiger partial charge in [0.1, 0.15) is 0 Å². The molecule has 22 heavy (non-hydrogen) atoms. The number of rotatable bonds is 3. The Morgan fingerprint density at radius 1 is 1.09 bits per heavy atom. The summed E-state index contributed by atoms with van der Waals surface area (Å²) in [4.78, 5) is 12.0. The topological polar surface area (TPSA) is 47.6 Å². The summed E-state index contributed by atoms with van der Waals surface area (Å²) in [7, 11) is 0. The third-order valence-corrected chi connectivity index (χ3v) is 3.46. The lowest BCUT2D eigenvalue weighted by atomic mass is 10.1. The van der Waals surface area contributed by atoms with Crippen molar-refractivity contribution >= 4 is 17.7 Å². The highest BCUT2D eigenvalue weighted by atomic mass is 16.7. The second-order valence-corrected chi connectivity index (χ2v) is 5.25. The van der Waals surface area contributed by atoms with Gasteiger partial charge in [-0.2, -0.15) is 0 Å². The zero-order valence-electron chi connectivity index (χ0n) is 12.6. The molecule has 0 bridgehead atoms. The Hall–Kier alpha value is -2.75. The highest BCUT2D eigenvalue weighted by molar-refractivity contribution is 6.02. The van der Waals surface area contributed by atoms with E-state index >= 15 is 0 Å². The minimum absolute atomic E-state index is 0.162. The van der Waals surface area contributed by atoms with Gasteiger partial charge in [0.15, 0.2) is 11.5 Å². The number of nitrogens with one attached hydrogen (secondary N) is 1. The molecule has 0 aliphatic carbocycles. The molecule has 4 nitrogen and oxygen atoms in total. The average molecular weight is 295 g/mol. The Morgan fingerprint density at radius 3 is 2.73 bits per heavy atom. The van der Waals surface area contributed by atoms with Crippen LogP contribution in [0.1, 0.15) is 16.7 Å². The number of carbonyl (C=O) groups excluding carboxylic acids is 1. The smallest absolute Gasteiger partial charge is 0.248 e. The summed E-state index contributed by atoms with van der Waals surface area (Å²) in [5.41, 5.74) is 3.93. The zero-order valence-corrected chi connectivity index (χ0v) is 12.6. The van der Waals surface area contributed by atoms with Crippen LogP contribution in [0, 0.1) is 13.8 Å². The van der Waals surface area contributed by atoms with Gasteiger partial charge in [-0.05, 0) is 49.2 Å². The fourth-order valence-electron chi connectivity index (χ4n) is 2.32. The van der Waals surface area contributed by atoms with Crippen molar-refractivity contribution in [3.05, 3.63) is 59.2 Å². The fourth-order valence-corrected chi connectivity index (χ4v) is 2.32. The van der Waals surface area contributed by atoms with Crippen molar-refractivity contribution in [2.45, 2.75) is 13.8 Å². The summed E-state index contributed by atoms with van der Waals surface area (Å²) < 4.78 is 10.6. The summed E-state index contributed by atoms with van der Waals surface area (Å²) >= 11 is 0. The maximum atomic E-state index is 12.0. The molecule has 0 spiro atoms. The van der Waals surface area contributed by atoms with Crippen molar-refractivity contribution in [3.63, 3.8) is 0 Å². The van der Waals surface area contributed by atoms with E-state index in [0.717, 1.165) is 22.6 Å². The van der Waals surface area contributed by atoms with Crippen molar-refractivity contribution in [1.82, 2.24) is 0 Å². The Balaban J connectivity index is 1.68. The monoisotopic (exact) mass is 295 g/mol. The van der Waals surface area contributed by atoms with E-state index < -0.39 is 0 Å². The number of anilines is 1. The van der Waals surface area contributed by atoms with Crippen LogP contribution in [0.25, 0.3) is 6.08 Å². The van der Waals surface area contributed by atoms with Crippen LogP contribution < -0.4 is 14.8 Å². The van der Waals surface area contributed by atoms with Crippen molar-refractivity contribution in [2.24, 2.45) is 0 Å². The van der Waals surface area contributed by atoms with E-state index in [9.17, 15) is 4.79 Å². The number of hydrogen-bond donors (Lipinski definition) is 1. The van der Waals surface area contributed by atoms with Gasteiger partial charge in [0.2, 0.25) is 12.7 Å². The molecule has 1 heterocycles. The second-order valence-electron chi connectivity index (χ2n) is 5.25. The molecule has 0 saturated carbocycles. The van der Waals surface area contributed by atoms with Crippen LogP contribution in [-0.2, 0) is 4.79 Å². The molecule has 0 atom stereocenters. The molecule has 0 saturated heterocycles. The summed E-state index contributed by atoms with van der Waals surface area (Å²) in [6, 6.07) is 11.5. The number of benzene rings is 2. The number of fused-ring (bicyclic) bond motifs is 1. The standard InChI is InChI=1S/C18H17NO3/c1-12-3-6-15(13(2)9-12)19-18(20)8-5-14-4-7-16-17(10-14)22-11-21-16/h3-10H,11H2,1-2H3,(H,19,20). The molecule has 1 N–H and O–H groups in total. The summed E-state index contributed by atoms with van der Waals surface area (Å²) in [6.07, 6.45) is 3.26. The Labute approximate surface area is 129 Å². The molecule has 2 aromatic carbocycles. The Bertz CT molecular complexity index is 750. The largest absolute Gasteiger partial charge is 0.454 e. The van der Waals surface area contributed by atoms with Gasteiger partial charge in [0, 0.05) is 11.8 Å². The van der Waals surface area contributed by atoms with Crippen LogP contribution in [0.5, 0.6) is 11.5 Å². The van der Waals surface area contributed by atoms with E-state index in [4.69, 9.17) is 9.47 Å². The number of carbonyl (C=O) groups is 1. The van der Waals surface area contributed by atoms with Gasteiger partial charge in [-0.25, -0.2) is 0 Å². The van der Waals surface area contributed by atoms with Gasteiger partial charge in [0.25, 0.3) is 0 Å². The van der Waals surface area contributed by atoms with E-state index in [1.165, 1.54) is 11.6 Å². The van der Waals surface area contributed by atoms with Crippen molar-refractivity contribution in [2.75, 3.05) is 12.1 Å². The normalized spacial score (nSPS) is 12.6. The lowest BCUT2D eigenvalue weighted by Crippen LogP contribution is -2.08. The molecule has 2 aromatic rings. The van der Waals surface area contributed by atoms with Gasteiger partial charge < -0.3 is 14.8 Å². The first-order valence-corrected chi connectivity index (χ1v) is 7.08. The number of hydrogen-bond acceptors (Lipinski definition) is 3. The number of aryl methyl sites for hydroxylation is 2. The molecule has 0 radical (unpaired) electrons. The third kappa shape index (κ3) is 3.11. The molecular formula is C18H17NO3. The maximum Gasteiger partial charge on any atom is 0.248 e. The van der Waals surface area contributed by atoms with Crippen molar-refractivity contribution in [1.29, 1.82) is 0 Å². The molecule has 1 aliphatic rings. The number of amides is 1. The van der Waals surface area contributed by atoms with Crippen LogP contribution >= 0.6 is 0 Å². The molecule has 112 valence electrons. The lowest BCUT2D eigenvalue weighted by Gasteiger charge is -2.07. The fraction of sp³-hybridized carbons (Fsp3) is 0.167. The van der Waals surface area contributed by atoms with E-state index in [0.29, 0.717) is 5.75 Å². The van der Waals surface area contributed by atoms with E-state index in [1.54, 1.807) is 6.08 Å². The molecule has 0 fully saturated rings. The zero-order chi connectivity index (χ0) is 15.5. The minimum atomic E-state index is -0.162. The molecule has 1 aliphatic heterocycles. The molecule has 1 amide bonds. The van der Waals surface area contributed by atoms with Crippen LogP contribution in [0.4, 0.5) is 5.69 Å². The van der Waals surface area contributed by atoms with Crippen LogP contribution in [-0.4, -0.2) is 12.7 Å². The molecule has 0 unspecified atom stereocenters. The minimum Gasteiger partial charge on any atom is -0.454 e. The Kier molecular flexibility index (Phi) is 3.83. The highest BCUT2D eigenvalue weighted by Gasteiger charge is 2.12. The average Bonchev–Trinajstić information content (AvgIpc) is 2.95. The second kappa shape index (κ2) is 5.93. The van der Waals surface area contributed by atoms with Crippen LogP contribution in [0.2, 0.25) is 0 Å². The van der Waals surface area contributed by atoms with Gasteiger partial charge >= 0.3 is 0 Å². The maximum absolute atomic E-state index is 12.0. The first kappa shape index (κ1) is 14.2. The van der Waals surface area contributed by atoms with E-state index in [2.05, 4.69) is 5.32 Å². The summed E-state index contributed by atoms with van der Waals surface area (Å²) in [5.74, 6) is 1.28. The first-order valence-electron chi connectivity index (χ1n) is 7.08. The van der Waals surface area contributed by atoms with E-state index in [-0.39, 0.29) is 12.7 Å². The van der Waals surface area contributed by atoms with Crippen molar-refractivity contribution < 1.29 is 14.3 Å². The molecular weight excluding hydrogens is 278 g/mol. The van der Waals surface area contributed by atoms with Gasteiger partial charge in [-0.1, -0.05) is 23.8 Å². The number of ether oxygens (including phenoxy) is 2. The predicted molar refractivity (Wildman–Crippen MR) is 86.1 cm³/mol. The van der Waals surface area contributed by atoms with Gasteiger partial charge in [0.05, 0.1) is 0 Å². The third-order valence-electron chi connectivity index (χ3n) is 3.46.